The molecule has 1 atom stereocenters. The smallest absolute Gasteiger partial charge is 0.226 e. The van der Waals surface area contributed by atoms with Gasteiger partial charge in [0.15, 0.2) is 0 Å². The average Bonchev–Trinajstić information content (AvgIpc) is 2.36. The number of amides is 2. The van der Waals surface area contributed by atoms with Gasteiger partial charge in [0.25, 0.3) is 0 Å². The predicted molar refractivity (Wildman–Crippen MR) is 72.4 cm³/mol. The van der Waals surface area contributed by atoms with Crippen LogP contribution in [0.5, 0.6) is 0 Å². The second-order valence-corrected chi connectivity index (χ2v) is 4.95. The zero-order chi connectivity index (χ0) is 13.5. The van der Waals surface area contributed by atoms with E-state index in [1.807, 2.05) is 0 Å². The zero-order valence-corrected chi connectivity index (χ0v) is 11.3. The van der Waals surface area contributed by atoms with Crippen LogP contribution in [0.4, 0.5) is 0 Å². The summed E-state index contributed by atoms with van der Waals surface area (Å²) in [6, 6.07) is 8.53. The van der Waals surface area contributed by atoms with E-state index in [1.54, 1.807) is 0 Å². The lowest BCUT2D eigenvalue weighted by molar-refractivity contribution is -0.125. The van der Waals surface area contributed by atoms with Crippen LogP contribution in [0.1, 0.15) is 56.6 Å². The van der Waals surface area contributed by atoms with Crippen LogP contribution in [0.15, 0.2) is 24.3 Å². The first-order valence-electron chi connectivity index (χ1n) is 6.37. The van der Waals surface area contributed by atoms with Crippen molar-refractivity contribution in [2.45, 2.75) is 45.4 Å². The third-order valence-electron chi connectivity index (χ3n) is 3.20. The molecule has 0 saturated carbocycles. The summed E-state index contributed by atoms with van der Waals surface area (Å²) in [4.78, 5) is 21.3. The molecule has 0 bridgehead atoms. The van der Waals surface area contributed by atoms with Gasteiger partial charge in [-0.15, -0.1) is 0 Å². The van der Waals surface area contributed by atoms with E-state index in [-0.39, 0.29) is 5.91 Å². The highest BCUT2D eigenvalue weighted by atomic mass is 16.2. The van der Waals surface area contributed by atoms with Gasteiger partial charge in [-0.2, -0.15) is 0 Å². The molecule has 98 valence electrons. The Kier molecular flexibility index (Phi) is 5.56. The third-order valence-corrected chi connectivity index (χ3v) is 3.20. The molecule has 1 rings (SSSR count). The van der Waals surface area contributed by atoms with Crippen LogP contribution >= 0.6 is 0 Å². The molecular weight excluding hydrogens is 226 g/mol. The van der Waals surface area contributed by atoms with Crippen LogP contribution in [0, 0.1) is 0 Å². The molecule has 0 spiro atoms. The van der Waals surface area contributed by atoms with E-state index in [2.05, 4.69) is 50.4 Å². The van der Waals surface area contributed by atoms with E-state index >= 15 is 0 Å². The first kappa shape index (κ1) is 14.4. The minimum Gasteiger partial charge on any atom is -0.299 e. The molecule has 0 saturated heterocycles. The maximum Gasteiger partial charge on any atom is 0.226 e. The van der Waals surface area contributed by atoms with Gasteiger partial charge in [0.2, 0.25) is 12.3 Å². The monoisotopic (exact) mass is 247 g/mol. The van der Waals surface area contributed by atoms with Crippen LogP contribution in [0.2, 0.25) is 0 Å². The van der Waals surface area contributed by atoms with Crippen molar-refractivity contribution in [3.63, 3.8) is 0 Å². The van der Waals surface area contributed by atoms with Crippen LogP contribution in [0.3, 0.4) is 0 Å². The third kappa shape index (κ3) is 4.32. The fourth-order valence-electron chi connectivity index (χ4n) is 1.86. The van der Waals surface area contributed by atoms with Crippen LogP contribution < -0.4 is 5.32 Å². The minimum atomic E-state index is -0.212. The number of hydrogen-bond donors (Lipinski definition) is 1. The number of carbonyl (C=O) groups excluding carboxylic acids is 2. The molecule has 1 aromatic rings. The van der Waals surface area contributed by atoms with E-state index in [0.29, 0.717) is 24.7 Å². The van der Waals surface area contributed by atoms with Gasteiger partial charge in [0, 0.05) is 6.42 Å². The zero-order valence-electron chi connectivity index (χ0n) is 11.3. The lowest BCUT2D eigenvalue weighted by Gasteiger charge is -2.13. The largest absolute Gasteiger partial charge is 0.299 e. The van der Waals surface area contributed by atoms with Crippen molar-refractivity contribution in [3.05, 3.63) is 35.4 Å². The number of rotatable bonds is 6. The maximum atomic E-state index is 11.2. The Balaban J connectivity index is 2.53. The molecule has 0 aliphatic rings. The van der Waals surface area contributed by atoms with E-state index in [0.717, 1.165) is 6.42 Å². The van der Waals surface area contributed by atoms with Crippen molar-refractivity contribution in [2.75, 3.05) is 0 Å². The fourth-order valence-corrected chi connectivity index (χ4v) is 1.86. The van der Waals surface area contributed by atoms with Gasteiger partial charge in [-0.25, -0.2) is 0 Å². The van der Waals surface area contributed by atoms with Crippen molar-refractivity contribution in [2.24, 2.45) is 0 Å². The molecule has 0 fully saturated rings. The fraction of sp³-hybridized carbons (Fsp3) is 0.467. The summed E-state index contributed by atoms with van der Waals surface area (Å²) < 4.78 is 0. The number of nitrogens with one attached hydrogen (secondary N) is 1. The van der Waals surface area contributed by atoms with Crippen molar-refractivity contribution in [1.82, 2.24) is 5.32 Å². The molecule has 18 heavy (non-hydrogen) atoms. The molecule has 0 radical (unpaired) electrons. The van der Waals surface area contributed by atoms with Crippen molar-refractivity contribution >= 4 is 12.3 Å². The first-order valence-corrected chi connectivity index (χ1v) is 6.37. The number of imide groups is 1. The van der Waals surface area contributed by atoms with E-state index in [4.69, 9.17) is 0 Å². The van der Waals surface area contributed by atoms with E-state index < -0.39 is 0 Å². The molecule has 1 aromatic carbocycles. The molecule has 2 amide bonds. The highest BCUT2D eigenvalue weighted by molar-refractivity contribution is 5.85. The molecular formula is C15H21NO2. The van der Waals surface area contributed by atoms with Gasteiger partial charge in [-0.1, -0.05) is 45.0 Å². The van der Waals surface area contributed by atoms with Crippen LogP contribution in [0.25, 0.3) is 0 Å². The molecule has 1 N–H and O–H groups in total. The van der Waals surface area contributed by atoms with Gasteiger partial charge < -0.3 is 0 Å². The molecule has 1 unspecified atom stereocenters. The second-order valence-electron chi connectivity index (χ2n) is 4.95. The van der Waals surface area contributed by atoms with Crippen LogP contribution in [-0.2, 0) is 9.59 Å². The highest BCUT2D eigenvalue weighted by Gasteiger charge is 2.09. The van der Waals surface area contributed by atoms with Gasteiger partial charge in [0.05, 0.1) is 0 Å². The lowest BCUT2D eigenvalue weighted by atomic mass is 9.93. The standard InChI is InChI=1S/C15H21NO2/c1-11(2)13-5-7-14(8-6-13)12(3)4-9-15(18)16-10-17/h5-8,10-12H,4,9H2,1-3H3,(H,16,17,18). The van der Waals surface area contributed by atoms with E-state index in [9.17, 15) is 9.59 Å². The topological polar surface area (TPSA) is 46.2 Å². The summed E-state index contributed by atoms with van der Waals surface area (Å²) in [5, 5.41) is 2.16. The van der Waals surface area contributed by atoms with Gasteiger partial charge in [0.1, 0.15) is 0 Å². The summed E-state index contributed by atoms with van der Waals surface area (Å²) >= 11 is 0. The summed E-state index contributed by atoms with van der Waals surface area (Å²) in [5.74, 6) is 0.645. The first-order chi connectivity index (χ1) is 8.54. The summed E-state index contributed by atoms with van der Waals surface area (Å²) in [6.07, 6.45) is 1.57. The van der Waals surface area contributed by atoms with Crippen molar-refractivity contribution in [1.29, 1.82) is 0 Å². The SMILES string of the molecule is CC(C)c1ccc(C(C)CCC(=O)NC=O)cc1. The highest BCUT2D eigenvalue weighted by Crippen LogP contribution is 2.23. The normalized spacial score (nSPS) is 12.2. The average molecular weight is 247 g/mol. The number of carbonyl (C=O) groups is 2. The quantitative estimate of drug-likeness (QED) is 0.785. The van der Waals surface area contributed by atoms with Gasteiger partial charge >= 0.3 is 0 Å². The molecule has 0 aromatic heterocycles. The molecule has 3 nitrogen and oxygen atoms in total. The summed E-state index contributed by atoms with van der Waals surface area (Å²) in [6.45, 7) is 6.43. The lowest BCUT2D eigenvalue weighted by Crippen LogP contribution is -2.21. The Bertz CT molecular complexity index is 395. The minimum absolute atomic E-state index is 0.212. The maximum absolute atomic E-state index is 11.2. The van der Waals surface area contributed by atoms with Crippen molar-refractivity contribution < 1.29 is 9.59 Å². The second kappa shape index (κ2) is 6.94. The van der Waals surface area contributed by atoms with Gasteiger partial charge in [-0.05, 0) is 29.4 Å². The van der Waals surface area contributed by atoms with Gasteiger partial charge in [-0.3, -0.25) is 14.9 Å². The molecule has 0 aliphatic carbocycles. The Morgan fingerprint density at radius 3 is 2.22 bits per heavy atom. The summed E-state index contributed by atoms with van der Waals surface area (Å²) in [5.41, 5.74) is 2.56. The van der Waals surface area contributed by atoms with Crippen molar-refractivity contribution in [3.8, 4) is 0 Å². The van der Waals surface area contributed by atoms with Crippen LogP contribution in [-0.4, -0.2) is 12.3 Å². The Labute approximate surface area is 109 Å². The Morgan fingerprint density at radius 1 is 1.17 bits per heavy atom. The Hall–Kier alpha value is -1.64. The summed E-state index contributed by atoms with van der Waals surface area (Å²) in [7, 11) is 0. The predicted octanol–water partition coefficient (Wildman–Crippen LogP) is 2.97. The molecule has 0 aliphatic heterocycles. The Morgan fingerprint density at radius 2 is 1.72 bits per heavy atom. The molecule has 3 heteroatoms. The van der Waals surface area contributed by atoms with E-state index in [1.165, 1.54) is 11.1 Å². The number of hydrogen-bond acceptors (Lipinski definition) is 2. The molecule has 0 heterocycles. The number of benzene rings is 1.